The van der Waals surface area contributed by atoms with Crippen molar-refractivity contribution in [3.05, 3.63) is 47.3 Å². The molecule has 30 heavy (non-hydrogen) atoms. The number of nitriles is 1. The van der Waals surface area contributed by atoms with E-state index in [1.807, 2.05) is 23.1 Å². The molecule has 0 bridgehead atoms. The van der Waals surface area contributed by atoms with Crippen molar-refractivity contribution >= 4 is 23.1 Å². The molecular formula is C23H22FN3O3. The highest BCUT2D eigenvalue weighted by molar-refractivity contribution is 5.90. The minimum Gasteiger partial charge on any atom is -0.466 e. The lowest BCUT2D eigenvalue weighted by Gasteiger charge is -2.29. The fourth-order valence-corrected chi connectivity index (χ4v) is 3.99. The fraction of sp³-hybridized carbons (Fsp3) is 0.348. The Labute approximate surface area is 173 Å². The van der Waals surface area contributed by atoms with Crippen LogP contribution in [0.25, 0.3) is 22.2 Å². The molecule has 2 heterocycles. The van der Waals surface area contributed by atoms with E-state index in [-0.39, 0.29) is 29.0 Å². The molecule has 6 nitrogen and oxygen atoms in total. The van der Waals surface area contributed by atoms with Gasteiger partial charge in [-0.15, -0.1) is 0 Å². The van der Waals surface area contributed by atoms with Crippen LogP contribution >= 0.6 is 0 Å². The zero-order valence-electron chi connectivity index (χ0n) is 16.9. The molecular weight excluding hydrogens is 385 g/mol. The summed E-state index contributed by atoms with van der Waals surface area (Å²) in [6, 6.07) is 11.5. The SMILES string of the molecule is CCOC(=O)C1CCN(c2nc3c(C#N)c(C)c(-c4ccccc4)c(F)c3o2)CC1. The number of piperidine rings is 1. The van der Waals surface area contributed by atoms with Gasteiger partial charge in [-0.25, -0.2) is 4.39 Å². The second-order valence-corrected chi connectivity index (χ2v) is 7.35. The zero-order valence-corrected chi connectivity index (χ0v) is 16.9. The van der Waals surface area contributed by atoms with Crippen molar-refractivity contribution in [1.29, 1.82) is 5.26 Å². The molecule has 0 amide bonds. The maximum absolute atomic E-state index is 15.4. The number of fused-ring (bicyclic) bond motifs is 1. The Bertz CT molecular complexity index is 1130. The predicted octanol–water partition coefficient (Wildman–Crippen LogP) is 4.59. The zero-order chi connectivity index (χ0) is 21.3. The molecule has 2 aromatic carbocycles. The number of esters is 1. The van der Waals surface area contributed by atoms with Crippen molar-refractivity contribution in [2.24, 2.45) is 5.92 Å². The second kappa shape index (κ2) is 8.15. The minimum absolute atomic E-state index is 0.0153. The van der Waals surface area contributed by atoms with Gasteiger partial charge in [-0.2, -0.15) is 10.2 Å². The summed E-state index contributed by atoms with van der Waals surface area (Å²) in [5, 5.41) is 9.73. The summed E-state index contributed by atoms with van der Waals surface area (Å²) in [7, 11) is 0. The molecule has 0 radical (unpaired) electrons. The van der Waals surface area contributed by atoms with E-state index in [1.54, 1.807) is 26.0 Å². The Kier molecular flexibility index (Phi) is 5.40. The summed E-state index contributed by atoms with van der Waals surface area (Å²) in [5.74, 6) is -0.854. The van der Waals surface area contributed by atoms with Gasteiger partial charge in [0.25, 0.3) is 6.01 Å². The average molecular weight is 407 g/mol. The first kappa shape index (κ1) is 19.9. The van der Waals surface area contributed by atoms with Gasteiger partial charge in [0.1, 0.15) is 11.6 Å². The third-order valence-electron chi connectivity index (χ3n) is 5.58. The molecule has 0 unspecified atom stereocenters. The number of nitrogens with zero attached hydrogens (tertiary/aromatic N) is 3. The maximum Gasteiger partial charge on any atom is 0.309 e. The van der Waals surface area contributed by atoms with Crippen LogP contribution in [0.2, 0.25) is 0 Å². The number of halogens is 1. The van der Waals surface area contributed by atoms with Crippen LogP contribution < -0.4 is 4.90 Å². The monoisotopic (exact) mass is 407 g/mol. The first-order chi connectivity index (χ1) is 14.5. The highest BCUT2D eigenvalue weighted by Gasteiger charge is 2.30. The molecule has 0 aliphatic carbocycles. The van der Waals surface area contributed by atoms with E-state index in [9.17, 15) is 10.1 Å². The number of carbonyl (C=O) groups excluding carboxylic acids is 1. The highest BCUT2D eigenvalue weighted by atomic mass is 19.1. The average Bonchev–Trinajstić information content (AvgIpc) is 3.21. The number of oxazole rings is 1. The molecule has 7 heteroatoms. The van der Waals surface area contributed by atoms with Crippen LogP contribution in [0.4, 0.5) is 10.4 Å². The number of carbonyl (C=O) groups is 1. The minimum atomic E-state index is -0.521. The number of ether oxygens (including phenoxy) is 1. The second-order valence-electron chi connectivity index (χ2n) is 7.35. The summed E-state index contributed by atoms with van der Waals surface area (Å²) in [5.41, 5.74) is 2.09. The van der Waals surface area contributed by atoms with Crippen molar-refractivity contribution in [2.75, 3.05) is 24.6 Å². The van der Waals surface area contributed by atoms with Crippen molar-refractivity contribution in [2.45, 2.75) is 26.7 Å². The van der Waals surface area contributed by atoms with Crippen LogP contribution in [0.1, 0.15) is 30.9 Å². The van der Waals surface area contributed by atoms with Gasteiger partial charge in [0.05, 0.1) is 18.1 Å². The van der Waals surface area contributed by atoms with Gasteiger partial charge in [-0.05, 0) is 37.8 Å². The molecule has 3 aromatic rings. The quantitative estimate of drug-likeness (QED) is 0.589. The summed E-state index contributed by atoms with van der Waals surface area (Å²) in [6.07, 6.45) is 1.22. The molecule has 0 saturated carbocycles. The Hall–Kier alpha value is -3.40. The normalized spacial score (nSPS) is 14.7. The number of anilines is 1. The van der Waals surface area contributed by atoms with E-state index >= 15 is 4.39 Å². The summed E-state index contributed by atoms with van der Waals surface area (Å²) in [4.78, 5) is 18.3. The first-order valence-corrected chi connectivity index (χ1v) is 10.0. The Morgan fingerprint density at radius 2 is 2.03 bits per heavy atom. The van der Waals surface area contributed by atoms with Crippen LogP contribution in [0.15, 0.2) is 34.7 Å². The molecule has 154 valence electrons. The first-order valence-electron chi connectivity index (χ1n) is 10.0. The number of hydrogen-bond donors (Lipinski definition) is 0. The van der Waals surface area contributed by atoms with Gasteiger partial charge in [-0.1, -0.05) is 30.3 Å². The standard InChI is InChI=1S/C23H22FN3O3/c1-3-29-22(28)16-9-11-27(12-10-16)23-26-20-17(13-25)14(2)18(19(24)21(20)30-23)15-7-5-4-6-8-15/h4-8,16H,3,9-12H2,1-2H3. The topological polar surface area (TPSA) is 79.4 Å². The van der Waals surface area contributed by atoms with E-state index in [0.29, 0.717) is 54.8 Å². The lowest BCUT2D eigenvalue weighted by atomic mass is 9.95. The molecule has 0 atom stereocenters. The van der Waals surface area contributed by atoms with Gasteiger partial charge in [0, 0.05) is 18.7 Å². The Morgan fingerprint density at radius 3 is 2.67 bits per heavy atom. The van der Waals surface area contributed by atoms with Crippen LogP contribution in [0.5, 0.6) is 0 Å². The predicted molar refractivity (Wildman–Crippen MR) is 110 cm³/mol. The molecule has 1 aromatic heterocycles. The molecule has 1 saturated heterocycles. The van der Waals surface area contributed by atoms with Crippen LogP contribution in [-0.4, -0.2) is 30.6 Å². The van der Waals surface area contributed by atoms with Gasteiger partial charge in [0.15, 0.2) is 11.4 Å². The maximum atomic E-state index is 15.4. The van der Waals surface area contributed by atoms with Crippen molar-refractivity contribution in [1.82, 2.24) is 4.98 Å². The van der Waals surface area contributed by atoms with E-state index in [1.165, 1.54) is 0 Å². The summed E-state index contributed by atoms with van der Waals surface area (Å²) < 4.78 is 26.4. The van der Waals surface area contributed by atoms with Crippen molar-refractivity contribution in [3.63, 3.8) is 0 Å². The molecule has 1 fully saturated rings. The summed E-state index contributed by atoms with van der Waals surface area (Å²) >= 11 is 0. The number of rotatable bonds is 4. The summed E-state index contributed by atoms with van der Waals surface area (Å²) in [6.45, 7) is 4.97. The smallest absolute Gasteiger partial charge is 0.309 e. The molecule has 0 spiro atoms. The lowest BCUT2D eigenvalue weighted by Crippen LogP contribution is -2.37. The van der Waals surface area contributed by atoms with E-state index in [0.717, 1.165) is 0 Å². The highest BCUT2D eigenvalue weighted by Crippen LogP contribution is 2.37. The van der Waals surface area contributed by atoms with Crippen molar-refractivity contribution in [3.8, 4) is 17.2 Å². The van der Waals surface area contributed by atoms with E-state index in [2.05, 4.69) is 11.1 Å². The molecule has 4 rings (SSSR count). The van der Waals surface area contributed by atoms with Crippen LogP contribution in [-0.2, 0) is 9.53 Å². The third-order valence-corrected chi connectivity index (χ3v) is 5.58. The Balaban J connectivity index is 1.71. The molecule has 1 aliphatic rings. The van der Waals surface area contributed by atoms with E-state index in [4.69, 9.17) is 9.15 Å². The largest absolute Gasteiger partial charge is 0.466 e. The van der Waals surface area contributed by atoms with Gasteiger partial charge < -0.3 is 14.1 Å². The lowest BCUT2D eigenvalue weighted by molar-refractivity contribution is -0.148. The van der Waals surface area contributed by atoms with Gasteiger partial charge in [0.2, 0.25) is 0 Å². The molecule has 1 aliphatic heterocycles. The third kappa shape index (κ3) is 3.39. The van der Waals surface area contributed by atoms with Crippen LogP contribution in [0, 0.1) is 30.0 Å². The van der Waals surface area contributed by atoms with Gasteiger partial charge >= 0.3 is 5.97 Å². The number of hydrogen-bond acceptors (Lipinski definition) is 6. The Morgan fingerprint density at radius 1 is 1.33 bits per heavy atom. The van der Waals surface area contributed by atoms with Crippen LogP contribution in [0.3, 0.4) is 0 Å². The number of benzene rings is 2. The van der Waals surface area contributed by atoms with Gasteiger partial charge in [-0.3, -0.25) is 4.79 Å². The van der Waals surface area contributed by atoms with Crippen molar-refractivity contribution < 1.29 is 18.3 Å². The molecule has 0 N–H and O–H groups in total. The van der Waals surface area contributed by atoms with E-state index < -0.39 is 5.82 Å². The number of aromatic nitrogens is 1. The fourth-order valence-electron chi connectivity index (χ4n) is 3.99.